The van der Waals surface area contributed by atoms with Crippen LogP contribution in [0.2, 0.25) is 10.0 Å². The molecule has 0 saturated heterocycles. The van der Waals surface area contributed by atoms with Crippen LogP contribution in [0.25, 0.3) is 11.3 Å². The Balaban J connectivity index is 2.11. The fraction of sp³-hybridized carbons (Fsp3) is 0.214. The van der Waals surface area contributed by atoms with E-state index in [4.69, 9.17) is 23.2 Å². The Labute approximate surface area is 131 Å². The van der Waals surface area contributed by atoms with Gasteiger partial charge in [-0.05, 0) is 25.1 Å². The molecule has 2 aromatic rings. The SMILES string of the molecule is CC1NC(O)C(c2cc(-n3cc(Cl)cn3)ccc2Cl)=C1O. The predicted molar refractivity (Wildman–Crippen MR) is 81.7 cm³/mol. The van der Waals surface area contributed by atoms with E-state index in [2.05, 4.69) is 10.4 Å². The molecule has 0 bridgehead atoms. The van der Waals surface area contributed by atoms with Crippen LogP contribution >= 0.6 is 23.2 Å². The van der Waals surface area contributed by atoms with Crippen LogP contribution in [-0.4, -0.2) is 32.3 Å². The summed E-state index contributed by atoms with van der Waals surface area (Å²) in [5.41, 5.74) is 1.67. The third-order valence-corrected chi connectivity index (χ3v) is 3.95. The molecule has 0 spiro atoms. The Hall–Kier alpha value is -1.53. The summed E-state index contributed by atoms with van der Waals surface area (Å²) in [7, 11) is 0. The second kappa shape index (κ2) is 5.35. The lowest BCUT2D eigenvalue weighted by Gasteiger charge is -2.12. The molecular weight excluding hydrogens is 313 g/mol. The van der Waals surface area contributed by atoms with Crippen molar-refractivity contribution in [2.45, 2.75) is 19.2 Å². The van der Waals surface area contributed by atoms with Gasteiger partial charge >= 0.3 is 0 Å². The molecule has 2 atom stereocenters. The van der Waals surface area contributed by atoms with Crippen molar-refractivity contribution in [2.24, 2.45) is 0 Å². The standard InChI is InChI=1S/C14H13Cl2N3O2/c1-7-13(20)12(14(21)18-7)10-4-9(2-3-11(10)16)19-6-8(15)5-17-19/h2-7,14,18,20-21H,1H3. The Kier molecular flexibility index (Phi) is 3.67. The maximum absolute atomic E-state index is 10.1. The van der Waals surface area contributed by atoms with E-state index in [0.717, 1.165) is 5.69 Å². The minimum atomic E-state index is -0.964. The smallest absolute Gasteiger partial charge is 0.135 e. The molecule has 1 aromatic heterocycles. The van der Waals surface area contributed by atoms with Gasteiger partial charge in [-0.1, -0.05) is 23.2 Å². The number of nitrogens with one attached hydrogen (secondary N) is 1. The second-order valence-corrected chi connectivity index (χ2v) is 5.70. The molecule has 110 valence electrons. The van der Waals surface area contributed by atoms with Crippen LogP contribution in [0, 0.1) is 0 Å². The third kappa shape index (κ3) is 2.53. The molecule has 0 amide bonds. The molecule has 0 saturated carbocycles. The van der Waals surface area contributed by atoms with Gasteiger partial charge in [-0.3, -0.25) is 5.32 Å². The Morgan fingerprint density at radius 2 is 2.10 bits per heavy atom. The van der Waals surface area contributed by atoms with Gasteiger partial charge in [0.05, 0.1) is 22.9 Å². The van der Waals surface area contributed by atoms with Crippen molar-refractivity contribution in [2.75, 3.05) is 0 Å². The molecule has 2 heterocycles. The van der Waals surface area contributed by atoms with Gasteiger partial charge in [-0.25, -0.2) is 4.68 Å². The summed E-state index contributed by atoms with van der Waals surface area (Å²) in [4.78, 5) is 0. The molecule has 3 N–H and O–H groups in total. The second-order valence-electron chi connectivity index (χ2n) is 4.86. The van der Waals surface area contributed by atoms with Crippen molar-refractivity contribution in [3.8, 4) is 5.69 Å². The van der Waals surface area contributed by atoms with Gasteiger partial charge in [-0.2, -0.15) is 5.10 Å². The van der Waals surface area contributed by atoms with E-state index in [-0.39, 0.29) is 11.8 Å². The fourth-order valence-corrected chi connectivity index (χ4v) is 2.72. The Morgan fingerprint density at radius 3 is 2.67 bits per heavy atom. The number of hydrogen-bond acceptors (Lipinski definition) is 4. The van der Waals surface area contributed by atoms with Crippen LogP contribution in [-0.2, 0) is 0 Å². The number of hydrogen-bond donors (Lipinski definition) is 3. The Bertz CT molecular complexity index is 727. The average molecular weight is 326 g/mol. The quantitative estimate of drug-likeness (QED) is 0.794. The molecule has 0 fully saturated rings. The highest BCUT2D eigenvalue weighted by molar-refractivity contribution is 6.32. The highest BCUT2D eigenvalue weighted by Crippen LogP contribution is 2.33. The topological polar surface area (TPSA) is 70.3 Å². The lowest BCUT2D eigenvalue weighted by atomic mass is 10.0. The molecule has 1 aliphatic rings. The number of rotatable bonds is 2. The third-order valence-electron chi connectivity index (χ3n) is 3.42. The molecule has 21 heavy (non-hydrogen) atoms. The van der Waals surface area contributed by atoms with Crippen molar-refractivity contribution < 1.29 is 10.2 Å². The van der Waals surface area contributed by atoms with Crippen molar-refractivity contribution in [1.29, 1.82) is 0 Å². The first-order chi connectivity index (χ1) is 9.97. The van der Waals surface area contributed by atoms with E-state index < -0.39 is 6.23 Å². The lowest BCUT2D eigenvalue weighted by Crippen LogP contribution is -2.29. The molecule has 0 aliphatic carbocycles. The van der Waals surface area contributed by atoms with Gasteiger partial charge in [0.25, 0.3) is 0 Å². The zero-order chi connectivity index (χ0) is 15.1. The van der Waals surface area contributed by atoms with Crippen LogP contribution < -0.4 is 5.32 Å². The summed E-state index contributed by atoms with van der Waals surface area (Å²) in [5.74, 6) is 0.0834. The molecule has 0 radical (unpaired) electrons. The van der Waals surface area contributed by atoms with Crippen LogP contribution in [0.1, 0.15) is 12.5 Å². The number of nitrogens with zero attached hydrogens (tertiary/aromatic N) is 2. The largest absolute Gasteiger partial charge is 0.510 e. The maximum atomic E-state index is 10.1. The van der Waals surface area contributed by atoms with Crippen LogP contribution in [0.3, 0.4) is 0 Å². The first-order valence-corrected chi connectivity index (χ1v) is 7.10. The maximum Gasteiger partial charge on any atom is 0.135 e. The van der Waals surface area contributed by atoms with E-state index >= 15 is 0 Å². The molecule has 1 aliphatic heterocycles. The van der Waals surface area contributed by atoms with Crippen molar-refractivity contribution in [1.82, 2.24) is 15.1 Å². The van der Waals surface area contributed by atoms with Crippen molar-refractivity contribution >= 4 is 28.8 Å². The summed E-state index contributed by atoms with van der Waals surface area (Å²) in [5, 5.41) is 28.1. The first-order valence-electron chi connectivity index (χ1n) is 6.35. The lowest BCUT2D eigenvalue weighted by molar-refractivity contribution is 0.195. The fourth-order valence-electron chi connectivity index (χ4n) is 2.36. The predicted octanol–water partition coefficient (Wildman–Crippen LogP) is 2.76. The van der Waals surface area contributed by atoms with Crippen molar-refractivity contribution in [3.63, 3.8) is 0 Å². The monoisotopic (exact) mass is 325 g/mol. The molecule has 5 nitrogen and oxygen atoms in total. The summed E-state index contributed by atoms with van der Waals surface area (Å²) < 4.78 is 1.60. The summed E-state index contributed by atoms with van der Waals surface area (Å²) in [6, 6.07) is 4.90. The van der Waals surface area contributed by atoms with Gasteiger partial charge in [0.15, 0.2) is 0 Å². The van der Waals surface area contributed by atoms with Gasteiger partial charge in [-0.15, -0.1) is 0 Å². The van der Waals surface area contributed by atoms with E-state index in [1.165, 1.54) is 6.20 Å². The highest BCUT2D eigenvalue weighted by Gasteiger charge is 2.31. The number of halogens is 2. The number of aliphatic hydroxyl groups is 2. The van der Waals surface area contributed by atoms with E-state index in [1.54, 1.807) is 36.0 Å². The van der Waals surface area contributed by atoms with Crippen molar-refractivity contribution in [3.05, 3.63) is 52.0 Å². The van der Waals surface area contributed by atoms with Gasteiger partial charge < -0.3 is 10.2 Å². The molecule has 3 rings (SSSR count). The number of aromatic nitrogens is 2. The minimum Gasteiger partial charge on any atom is -0.510 e. The van der Waals surface area contributed by atoms with E-state index in [9.17, 15) is 10.2 Å². The molecule has 2 unspecified atom stereocenters. The average Bonchev–Trinajstić information content (AvgIpc) is 2.96. The van der Waals surface area contributed by atoms with Crippen LogP contribution in [0.4, 0.5) is 0 Å². The molecule has 1 aromatic carbocycles. The number of benzene rings is 1. The van der Waals surface area contributed by atoms with Crippen LogP contribution in [0.15, 0.2) is 36.4 Å². The number of aliphatic hydroxyl groups excluding tert-OH is 2. The molecular formula is C14H13Cl2N3O2. The summed E-state index contributed by atoms with van der Waals surface area (Å²) >= 11 is 12.1. The summed E-state index contributed by atoms with van der Waals surface area (Å²) in [6.07, 6.45) is 2.23. The van der Waals surface area contributed by atoms with Crippen LogP contribution in [0.5, 0.6) is 0 Å². The zero-order valence-corrected chi connectivity index (χ0v) is 12.6. The highest BCUT2D eigenvalue weighted by atomic mass is 35.5. The Morgan fingerprint density at radius 1 is 1.33 bits per heavy atom. The van der Waals surface area contributed by atoms with Gasteiger partial charge in [0.1, 0.15) is 12.0 Å². The van der Waals surface area contributed by atoms with E-state index in [0.29, 0.717) is 21.2 Å². The zero-order valence-electron chi connectivity index (χ0n) is 11.1. The van der Waals surface area contributed by atoms with Gasteiger partial charge in [0, 0.05) is 22.4 Å². The first kappa shape index (κ1) is 14.4. The molecule has 7 heteroatoms. The normalized spacial score (nSPS) is 22.1. The minimum absolute atomic E-state index is 0.0834. The van der Waals surface area contributed by atoms with E-state index in [1.807, 2.05) is 0 Å². The van der Waals surface area contributed by atoms with Gasteiger partial charge in [0.2, 0.25) is 0 Å². The summed E-state index contributed by atoms with van der Waals surface area (Å²) in [6.45, 7) is 1.76.